The van der Waals surface area contributed by atoms with Crippen LogP contribution in [0.3, 0.4) is 0 Å². The standard InChI is InChI=1S/C20H23N3O5S/c1-4-22(5-2)29(27,28)19-14-17(11-9-15(19)3)21-20(24)12-10-16-7-6-8-18(13-16)23(25)26/h6-14H,4-5H2,1-3H3,(H,21,24)/b12-10+. The molecule has 2 rings (SSSR count). The summed E-state index contributed by atoms with van der Waals surface area (Å²) in [6.45, 7) is 5.92. The van der Waals surface area contributed by atoms with Gasteiger partial charge in [0, 0.05) is 37.0 Å². The molecule has 0 aliphatic carbocycles. The number of nitrogens with one attached hydrogen (secondary N) is 1. The van der Waals surface area contributed by atoms with Crippen molar-refractivity contribution >= 4 is 33.4 Å². The fourth-order valence-electron chi connectivity index (χ4n) is 2.76. The Balaban J connectivity index is 2.21. The molecular formula is C20H23N3O5S. The number of aryl methyl sites for hydroxylation is 1. The number of carbonyl (C=O) groups excluding carboxylic acids is 1. The molecule has 0 fully saturated rings. The molecule has 0 radical (unpaired) electrons. The normalized spacial score (nSPS) is 11.7. The summed E-state index contributed by atoms with van der Waals surface area (Å²) in [6.07, 6.45) is 2.68. The molecule has 0 aliphatic heterocycles. The quantitative estimate of drug-likeness (QED) is 0.401. The molecule has 0 bridgehead atoms. The first-order chi connectivity index (χ1) is 13.7. The third kappa shape index (κ3) is 5.49. The van der Waals surface area contributed by atoms with E-state index in [0.717, 1.165) is 0 Å². The van der Waals surface area contributed by atoms with E-state index in [1.165, 1.54) is 40.7 Å². The lowest BCUT2D eigenvalue weighted by molar-refractivity contribution is -0.384. The van der Waals surface area contributed by atoms with Crippen molar-refractivity contribution in [3.8, 4) is 0 Å². The van der Waals surface area contributed by atoms with Crippen molar-refractivity contribution in [2.45, 2.75) is 25.7 Å². The molecule has 9 heteroatoms. The van der Waals surface area contributed by atoms with Gasteiger partial charge in [-0.3, -0.25) is 14.9 Å². The van der Waals surface area contributed by atoms with E-state index in [-0.39, 0.29) is 10.6 Å². The number of benzene rings is 2. The maximum Gasteiger partial charge on any atom is 0.270 e. The van der Waals surface area contributed by atoms with Gasteiger partial charge in [0.05, 0.1) is 9.82 Å². The summed E-state index contributed by atoms with van der Waals surface area (Å²) in [4.78, 5) is 22.6. The molecule has 0 saturated heterocycles. The number of nitrogens with zero attached hydrogens (tertiary/aromatic N) is 2. The highest BCUT2D eigenvalue weighted by Gasteiger charge is 2.23. The maximum absolute atomic E-state index is 12.8. The Morgan fingerprint density at radius 3 is 2.48 bits per heavy atom. The number of rotatable bonds is 8. The second-order valence-electron chi connectivity index (χ2n) is 6.24. The van der Waals surface area contributed by atoms with Crippen LogP contribution in [0, 0.1) is 17.0 Å². The highest BCUT2D eigenvalue weighted by Crippen LogP contribution is 2.23. The summed E-state index contributed by atoms with van der Waals surface area (Å²) in [5.74, 6) is -0.480. The first kappa shape index (κ1) is 22.3. The third-order valence-corrected chi connectivity index (χ3v) is 6.48. The zero-order chi connectivity index (χ0) is 21.6. The summed E-state index contributed by atoms with van der Waals surface area (Å²) in [6, 6.07) is 10.6. The minimum atomic E-state index is -3.66. The zero-order valence-electron chi connectivity index (χ0n) is 16.5. The molecular weight excluding hydrogens is 394 g/mol. The van der Waals surface area contributed by atoms with E-state index in [2.05, 4.69) is 5.32 Å². The molecule has 0 aliphatic rings. The lowest BCUT2D eigenvalue weighted by Gasteiger charge is -2.20. The molecule has 0 heterocycles. The number of hydrogen-bond acceptors (Lipinski definition) is 5. The second kappa shape index (κ2) is 9.44. The van der Waals surface area contributed by atoms with Crippen LogP contribution in [0.25, 0.3) is 6.08 Å². The summed E-state index contributed by atoms with van der Waals surface area (Å²) >= 11 is 0. The van der Waals surface area contributed by atoms with E-state index in [4.69, 9.17) is 0 Å². The van der Waals surface area contributed by atoms with Crippen molar-refractivity contribution in [1.82, 2.24) is 4.31 Å². The Bertz CT molecular complexity index is 1040. The van der Waals surface area contributed by atoms with Crippen LogP contribution >= 0.6 is 0 Å². The van der Waals surface area contributed by atoms with Gasteiger partial charge < -0.3 is 5.32 Å². The number of nitro groups is 1. The number of sulfonamides is 1. The smallest absolute Gasteiger partial charge is 0.270 e. The molecule has 0 spiro atoms. The summed E-state index contributed by atoms with van der Waals surface area (Å²) in [7, 11) is -3.66. The van der Waals surface area contributed by atoms with Gasteiger partial charge in [-0.05, 0) is 36.3 Å². The Morgan fingerprint density at radius 2 is 1.86 bits per heavy atom. The lowest BCUT2D eigenvalue weighted by Crippen LogP contribution is -2.31. The molecule has 1 amide bonds. The molecule has 8 nitrogen and oxygen atoms in total. The van der Waals surface area contributed by atoms with Crippen molar-refractivity contribution in [3.05, 3.63) is 69.8 Å². The highest BCUT2D eigenvalue weighted by molar-refractivity contribution is 7.89. The Labute approximate surface area is 170 Å². The molecule has 0 aromatic heterocycles. The summed E-state index contributed by atoms with van der Waals surface area (Å²) in [5, 5.41) is 13.4. The van der Waals surface area contributed by atoms with E-state index < -0.39 is 20.9 Å². The third-order valence-electron chi connectivity index (χ3n) is 4.29. The molecule has 0 saturated carbocycles. The van der Waals surface area contributed by atoms with Crippen LogP contribution in [0.15, 0.2) is 53.4 Å². The van der Waals surface area contributed by atoms with Gasteiger partial charge in [0.25, 0.3) is 5.69 Å². The fraction of sp³-hybridized carbons (Fsp3) is 0.250. The summed E-state index contributed by atoms with van der Waals surface area (Å²) in [5.41, 5.74) is 1.36. The van der Waals surface area contributed by atoms with Gasteiger partial charge in [-0.25, -0.2) is 8.42 Å². The monoisotopic (exact) mass is 417 g/mol. The largest absolute Gasteiger partial charge is 0.322 e. The van der Waals surface area contributed by atoms with Crippen molar-refractivity contribution in [3.63, 3.8) is 0 Å². The van der Waals surface area contributed by atoms with Crippen molar-refractivity contribution in [1.29, 1.82) is 0 Å². The van der Waals surface area contributed by atoms with E-state index >= 15 is 0 Å². The van der Waals surface area contributed by atoms with Crippen LogP contribution in [-0.2, 0) is 14.8 Å². The Hall–Kier alpha value is -3.04. The molecule has 2 aromatic rings. The van der Waals surface area contributed by atoms with Gasteiger partial charge >= 0.3 is 0 Å². The lowest BCUT2D eigenvalue weighted by atomic mass is 10.2. The Morgan fingerprint density at radius 1 is 1.17 bits per heavy atom. The number of nitro benzene ring substituents is 1. The molecule has 2 aromatic carbocycles. The number of amides is 1. The van der Waals surface area contributed by atoms with Crippen LogP contribution < -0.4 is 5.32 Å². The number of non-ortho nitro benzene ring substituents is 1. The van der Waals surface area contributed by atoms with Crippen LogP contribution in [0.5, 0.6) is 0 Å². The van der Waals surface area contributed by atoms with Crippen LogP contribution in [0.4, 0.5) is 11.4 Å². The Kier molecular flexibility index (Phi) is 7.24. The van der Waals surface area contributed by atoms with Gasteiger partial charge in [-0.15, -0.1) is 0 Å². The SMILES string of the molecule is CCN(CC)S(=O)(=O)c1cc(NC(=O)/C=C/c2cccc([N+](=O)[O-])c2)ccc1C. The van der Waals surface area contributed by atoms with E-state index in [0.29, 0.717) is 29.9 Å². The van der Waals surface area contributed by atoms with Crippen LogP contribution in [-0.4, -0.2) is 36.6 Å². The van der Waals surface area contributed by atoms with Gasteiger partial charge in [-0.2, -0.15) is 4.31 Å². The number of anilines is 1. The molecule has 1 N–H and O–H groups in total. The molecule has 154 valence electrons. The van der Waals surface area contributed by atoms with Crippen LogP contribution in [0.1, 0.15) is 25.0 Å². The topological polar surface area (TPSA) is 110 Å². The predicted octanol–water partition coefficient (Wildman–Crippen LogP) is 3.59. The van der Waals surface area contributed by atoms with Gasteiger partial charge in [-0.1, -0.05) is 32.0 Å². The van der Waals surface area contributed by atoms with E-state index in [1.807, 2.05) is 0 Å². The van der Waals surface area contributed by atoms with E-state index in [9.17, 15) is 23.3 Å². The molecule has 0 unspecified atom stereocenters. The highest BCUT2D eigenvalue weighted by atomic mass is 32.2. The van der Waals surface area contributed by atoms with Crippen molar-refractivity contribution in [2.75, 3.05) is 18.4 Å². The maximum atomic E-state index is 12.8. The van der Waals surface area contributed by atoms with Gasteiger partial charge in [0.1, 0.15) is 0 Å². The summed E-state index contributed by atoms with van der Waals surface area (Å²) < 4.78 is 26.9. The molecule has 0 atom stereocenters. The number of carbonyl (C=O) groups is 1. The predicted molar refractivity (Wildman–Crippen MR) is 112 cm³/mol. The van der Waals surface area contributed by atoms with Gasteiger partial charge in [0.2, 0.25) is 15.9 Å². The molecule has 29 heavy (non-hydrogen) atoms. The van der Waals surface area contributed by atoms with Crippen molar-refractivity contribution in [2.24, 2.45) is 0 Å². The minimum absolute atomic E-state index is 0.0719. The second-order valence-corrected chi connectivity index (χ2v) is 8.15. The average Bonchev–Trinajstić information content (AvgIpc) is 2.68. The fourth-order valence-corrected chi connectivity index (χ4v) is 4.47. The first-order valence-corrected chi connectivity index (χ1v) is 10.5. The number of hydrogen-bond donors (Lipinski definition) is 1. The first-order valence-electron chi connectivity index (χ1n) is 9.03. The van der Waals surface area contributed by atoms with Crippen LogP contribution in [0.2, 0.25) is 0 Å². The van der Waals surface area contributed by atoms with Gasteiger partial charge in [0.15, 0.2) is 0 Å². The minimum Gasteiger partial charge on any atom is -0.322 e. The average molecular weight is 417 g/mol. The van der Waals surface area contributed by atoms with Crippen molar-refractivity contribution < 1.29 is 18.1 Å². The van der Waals surface area contributed by atoms with E-state index in [1.54, 1.807) is 39.0 Å². The zero-order valence-corrected chi connectivity index (χ0v) is 17.3.